The highest BCUT2D eigenvalue weighted by molar-refractivity contribution is 5.90. The van der Waals surface area contributed by atoms with Gasteiger partial charge in [0.2, 0.25) is 0 Å². The fraction of sp³-hybridized carbons (Fsp3) is 0.118. The van der Waals surface area contributed by atoms with Gasteiger partial charge in [0.15, 0.2) is 0 Å². The Morgan fingerprint density at radius 3 is 2.50 bits per heavy atom. The molecule has 5 heteroatoms. The number of hydrazone groups is 2. The molecule has 2 aromatic carbocycles. The van der Waals surface area contributed by atoms with Crippen molar-refractivity contribution in [2.75, 3.05) is 0 Å². The molecule has 0 aromatic heterocycles. The summed E-state index contributed by atoms with van der Waals surface area (Å²) in [6, 6.07) is 19.0. The Morgan fingerprint density at radius 2 is 1.77 bits per heavy atom. The van der Waals surface area contributed by atoms with E-state index in [0.29, 0.717) is 0 Å². The molecule has 0 aliphatic carbocycles. The summed E-state index contributed by atoms with van der Waals surface area (Å²) < 4.78 is 0. The van der Waals surface area contributed by atoms with E-state index in [1.807, 2.05) is 60.7 Å². The number of benzene rings is 2. The van der Waals surface area contributed by atoms with Crippen LogP contribution in [0.15, 0.2) is 70.9 Å². The van der Waals surface area contributed by atoms with Gasteiger partial charge in [0.25, 0.3) is 5.91 Å². The highest BCUT2D eigenvalue weighted by atomic mass is 16.2. The van der Waals surface area contributed by atoms with Gasteiger partial charge in [-0.1, -0.05) is 60.7 Å². The van der Waals surface area contributed by atoms with Crippen molar-refractivity contribution in [3.8, 4) is 0 Å². The first-order valence-corrected chi connectivity index (χ1v) is 7.06. The van der Waals surface area contributed by atoms with Gasteiger partial charge in [-0.2, -0.15) is 10.2 Å². The van der Waals surface area contributed by atoms with Gasteiger partial charge in [-0.25, -0.2) is 5.43 Å². The molecule has 0 bridgehead atoms. The minimum Gasteiger partial charge on any atom is -0.297 e. The molecule has 5 nitrogen and oxygen atoms in total. The van der Waals surface area contributed by atoms with Gasteiger partial charge in [-0.3, -0.25) is 10.2 Å². The summed E-state index contributed by atoms with van der Waals surface area (Å²) in [7, 11) is 0. The maximum atomic E-state index is 12.3. The van der Waals surface area contributed by atoms with Crippen molar-refractivity contribution in [3.05, 3.63) is 71.8 Å². The van der Waals surface area contributed by atoms with Crippen molar-refractivity contribution in [1.82, 2.24) is 10.9 Å². The zero-order valence-corrected chi connectivity index (χ0v) is 11.9. The van der Waals surface area contributed by atoms with E-state index in [1.54, 1.807) is 12.4 Å². The van der Waals surface area contributed by atoms with Crippen LogP contribution < -0.4 is 10.9 Å². The van der Waals surface area contributed by atoms with Gasteiger partial charge in [0.05, 0.1) is 12.1 Å². The second-order valence-corrected chi connectivity index (χ2v) is 4.97. The lowest BCUT2D eigenvalue weighted by molar-refractivity contribution is -0.123. The van der Waals surface area contributed by atoms with E-state index in [-0.39, 0.29) is 11.8 Å². The van der Waals surface area contributed by atoms with Crippen molar-refractivity contribution in [2.45, 2.75) is 12.0 Å². The zero-order valence-electron chi connectivity index (χ0n) is 11.9. The average Bonchev–Trinajstić information content (AvgIpc) is 3.06. The largest absolute Gasteiger partial charge is 0.297 e. The predicted molar refractivity (Wildman–Crippen MR) is 86.8 cm³/mol. The molecule has 0 saturated carbocycles. The molecule has 0 saturated heterocycles. The van der Waals surface area contributed by atoms with E-state index in [0.717, 1.165) is 11.1 Å². The van der Waals surface area contributed by atoms with E-state index < -0.39 is 6.04 Å². The van der Waals surface area contributed by atoms with Gasteiger partial charge in [0, 0.05) is 6.21 Å². The summed E-state index contributed by atoms with van der Waals surface area (Å²) in [5.74, 6) is -0.299. The molecule has 0 radical (unpaired) electrons. The quantitative estimate of drug-likeness (QED) is 0.667. The van der Waals surface area contributed by atoms with E-state index in [2.05, 4.69) is 21.1 Å². The Morgan fingerprint density at radius 1 is 1.09 bits per heavy atom. The molecule has 3 rings (SSSR count). The predicted octanol–water partition coefficient (Wildman–Crippen LogP) is 1.88. The number of carbonyl (C=O) groups excluding carboxylic acids is 1. The van der Waals surface area contributed by atoms with Gasteiger partial charge < -0.3 is 0 Å². The zero-order chi connectivity index (χ0) is 15.2. The summed E-state index contributed by atoms with van der Waals surface area (Å²) in [6.45, 7) is 0. The number of nitrogens with one attached hydrogen (secondary N) is 2. The van der Waals surface area contributed by atoms with Crippen LogP contribution in [0.1, 0.15) is 17.0 Å². The number of rotatable bonds is 4. The highest BCUT2D eigenvalue weighted by Crippen LogP contribution is 2.21. The summed E-state index contributed by atoms with van der Waals surface area (Å²) in [6.07, 6.45) is 3.37. The van der Waals surface area contributed by atoms with Gasteiger partial charge >= 0.3 is 0 Å². The molecule has 2 aromatic rings. The van der Waals surface area contributed by atoms with Crippen LogP contribution >= 0.6 is 0 Å². The van der Waals surface area contributed by atoms with E-state index >= 15 is 0 Å². The molecular formula is C17H16N4O. The molecular weight excluding hydrogens is 276 g/mol. The molecule has 0 fully saturated rings. The monoisotopic (exact) mass is 292 g/mol. The molecule has 1 aliphatic rings. The molecule has 1 aliphatic heterocycles. The van der Waals surface area contributed by atoms with Crippen LogP contribution in [0.25, 0.3) is 0 Å². The van der Waals surface area contributed by atoms with Crippen LogP contribution in [0.5, 0.6) is 0 Å². The Labute approximate surface area is 128 Å². The Kier molecular flexibility index (Phi) is 4.25. The number of carbonyl (C=O) groups is 1. The molecule has 2 N–H and O–H groups in total. The van der Waals surface area contributed by atoms with Crippen LogP contribution in [0.3, 0.4) is 0 Å². The molecule has 2 unspecified atom stereocenters. The van der Waals surface area contributed by atoms with Crippen LogP contribution in [-0.4, -0.2) is 24.4 Å². The normalized spacial score (nSPS) is 20.0. The maximum Gasteiger partial charge on any atom is 0.265 e. The van der Waals surface area contributed by atoms with Crippen LogP contribution in [0.4, 0.5) is 0 Å². The molecule has 1 heterocycles. The van der Waals surface area contributed by atoms with Crippen LogP contribution in [0.2, 0.25) is 0 Å². The van der Waals surface area contributed by atoms with Crippen LogP contribution in [0, 0.1) is 0 Å². The highest BCUT2D eigenvalue weighted by Gasteiger charge is 2.31. The van der Waals surface area contributed by atoms with Gasteiger partial charge in [0.1, 0.15) is 6.04 Å². The lowest BCUT2D eigenvalue weighted by Gasteiger charge is -2.16. The minimum absolute atomic E-state index is 0.0897. The van der Waals surface area contributed by atoms with E-state index in [1.165, 1.54) is 0 Å². The topological polar surface area (TPSA) is 65.8 Å². The SMILES string of the molecule is O=C(N/N=C\c1ccccc1)C1NN=CC1c1ccccc1. The third-order valence-corrected chi connectivity index (χ3v) is 3.46. The maximum absolute atomic E-state index is 12.3. The Hall–Kier alpha value is -2.95. The fourth-order valence-corrected chi connectivity index (χ4v) is 2.32. The summed E-state index contributed by atoms with van der Waals surface area (Å²) in [4.78, 5) is 12.3. The summed E-state index contributed by atoms with van der Waals surface area (Å²) >= 11 is 0. The Balaban J connectivity index is 1.64. The van der Waals surface area contributed by atoms with Gasteiger partial charge in [-0.15, -0.1) is 0 Å². The van der Waals surface area contributed by atoms with E-state index in [9.17, 15) is 4.79 Å². The first kappa shape index (κ1) is 14.0. The smallest absolute Gasteiger partial charge is 0.265 e. The van der Waals surface area contributed by atoms with Crippen LogP contribution in [-0.2, 0) is 4.79 Å². The molecule has 1 amide bonds. The Bertz CT molecular complexity index is 682. The van der Waals surface area contributed by atoms with Crippen molar-refractivity contribution in [3.63, 3.8) is 0 Å². The number of hydrogen-bond acceptors (Lipinski definition) is 4. The first-order chi connectivity index (χ1) is 10.8. The van der Waals surface area contributed by atoms with E-state index in [4.69, 9.17) is 0 Å². The summed E-state index contributed by atoms with van der Waals surface area (Å²) in [5, 5.41) is 8.02. The number of hydrogen-bond donors (Lipinski definition) is 2. The standard InChI is InChI=1S/C17H16N4O/c22-17(21-18-11-13-7-3-1-4-8-13)16-15(12-19-20-16)14-9-5-2-6-10-14/h1-12,15-16,20H,(H,21,22)/b18-11-. The minimum atomic E-state index is -0.449. The number of amides is 1. The molecule has 110 valence electrons. The lowest BCUT2D eigenvalue weighted by atomic mass is 9.93. The number of nitrogens with zero attached hydrogens (tertiary/aromatic N) is 2. The van der Waals surface area contributed by atoms with Crippen molar-refractivity contribution in [2.24, 2.45) is 10.2 Å². The third-order valence-electron chi connectivity index (χ3n) is 3.46. The second-order valence-electron chi connectivity index (χ2n) is 4.97. The third kappa shape index (κ3) is 3.20. The van der Waals surface area contributed by atoms with Crippen molar-refractivity contribution < 1.29 is 4.79 Å². The molecule has 22 heavy (non-hydrogen) atoms. The molecule has 0 spiro atoms. The second kappa shape index (κ2) is 6.67. The fourth-order valence-electron chi connectivity index (χ4n) is 2.32. The van der Waals surface area contributed by atoms with Gasteiger partial charge in [-0.05, 0) is 11.1 Å². The lowest BCUT2D eigenvalue weighted by Crippen LogP contribution is -2.41. The average molecular weight is 292 g/mol. The first-order valence-electron chi connectivity index (χ1n) is 7.06. The van der Waals surface area contributed by atoms with Crippen molar-refractivity contribution in [1.29, 1.82) is 0 Å². The summed E-state index contributed by atoms with van der Waals surface area (Å²) in [5.41, 5.74) is 7.37. The van der Waals surface area contributed by atoms with Crippen molar-refractivity contribution >= 4 is 18.3 Å². The molecule has 2 atom stereocenters.